The van der Waals surface area contributed by atoms with E-state index in [1.807, 2.05) is 18.2 Å². The molecule has 5 nitrogen and oxygen atoms in total. The maximum absolute atomic E-state index is 12.4. The van der Waals surface area contributed by atoms with E-state index < -0.39 is 0 Å². The number of thiophene rings is 1. The normalized spacial score (nSPS) is 13.0. The Bertz CT molecular complexity index is 1300. The summed E-state index contributed by atoms with van der Waals surface area (Å²) < 4.78 is 5.36. The topological polar surface area (TPSA) is 64.1 Å². The van der Waals surface area contributed by atoms with Gasteiger partial charge < -0.3 is 10.1 Å². The van der Waals surface area contributed by atoms with Crippen molar-refractivity contribution in [1.29, 1.82) is 0 Å². The summed E-state index contributed by atoms with van der Waals surface area (Å²) in [6, 6.07) is 14.2. The third-order valence-electron chi connectivity index (χ3n) is 6.12. The molecular weight excluding hydrogens is 430 g/mol. The predicted octanol–water partition coefficient (Wildman–Crippen LogP) is 6.94. The molecule has 0 bridgehead atoms. The summed E-state index contributed by atoms with van der Waals surface area (Å²) in [7, 11) is 0. The molecule has 0 unspecified atom stereocenters. The highest BCUT2D eigenvalue weighted by Gasteiger charge is 2.16. The molecule has 168 valence electrons. The van der Waals surface area contributed by atoms with Gasteiger partial charge in [-0.2, -0.15) is 0 Å². The zero-order chi connectivity index (χ0) is 22.6. The van der Waals surface area contributed by atoms with Gasteiger partial charge in [-0.15, -0.1) is 11.3 Å². The van der Waals surface area contributed by atoms with E-state index in [4.69, 9.17) is 4.74 Å². The number of nitrogens with zero attached hydrogens (tertiary/aromatic N) is 2. The van der Waals surface area contributed by atoms with Crippen LogP contribution in [0.25, 0.3) is 21.3 Å². The SMILES string of the molecule is CCCCOC(=O)c1cccc(Nc2ncnc3scc(-c4ccc5c(c4)CCCC5)c23)c1. The number of unbranched alkanes of at least 4 members (excludes halogenated alkanes) is 1. The van der Waals surface area contributed by atoms with Crippen molar-refractivity contribution in [3.05, 3.63) is 70.9 Å². The molecule has 6 heteroatoms. The fraction of sp³-hybridized carbons (Fsp3) is 0.296. The van der Waals surface area contributed by atoms with Crippen LogP contribution in [0.3, 0.4) is 0 Å². The van der Waals surface area contributed by atoms with Crippen LogP contribution in [0.15, 0.2) is 54.2 Å². The molecule has 4 aromatic rings. The fourth-order valence-electron chi connectivity index (χ4n) is 4.34. The van der Waals surface area contributed by atoms with E-state index in [0.29, 0.717) is 12.2 Å². The van der Waals surface area contributed by atoms with E-state index >= 15 is 0 Å². The molecule has 0 saturated heterocycles. The lowest BCUT2D eigenvalue weighted by Gasteiger charge is -2.16. The molecule has 0 aliphatic heterocycles. The molecule has 0 atom stereocenters. The van der Waals surface area contributed by atoms with Crippen LogP contribution in [0.2, 0.25) is 0 Å². The summed E-state index contributed by atoms with van der Waals surface area (Å²) in [6.07, 6.45) is 8.30. The number of carbonyl (C=O) groups is 1. The quantitative estimate of drug-likeness (QED) is 0.241. The van der Waals surface area contributed by atoms with Crippen molar-refractivity contribution in [3.63, 3.8) is 0 Å². The number of carbonyl (C=O) groups excluding carboxylic acids is 1. The van der Waals surface area contributed by atoms with Gasteiger partial charge in [0.15, 0.2) is 0 Å². The molecule has 0 amide bonds. The van der Waals surface area contributed by atoms with E-state index in [1.54, 1.807) is 23.7 Å². The van der Waals surface area contributed by atoms with E-state index in [0.717, 1.165) is 46.5 Å². The van der Waals surface area contributed by atoms with Crippen LogP contribution in [0.4, 0.5) is 11.5 Å². The second kappa shape index (κ2) is 9.71. The molecule has 5 rings (SSSR count). The van der Waals surface area contributed by atoms with Crippen molar-refractivity contribution in [3.8, 4) is 11.1 Å². The number of anilines is 2. The zero-order valence-electron chi connectivity index (χ0n) is 18.8. The second-order valence-electron chi connectivity index (χ2n) is 8.44. The molecule has 2 heterocycles. The average molecular weight is 458 g/mol. The van der Waals surface area contributed by atoms with E-state index in [9.17, 15) is 4.79 Å². The van der Waals surface area contributed by atoms with E-state index in [-0.39, 0.29) is 5.97 Å². The first-order valence-corrected chi connectivity index (χ1v) is 12.5. The Morgan fingerprint density at radius 3 is 2.85 bits per heavy atom. The lowest BCUT2D eigenvalue weighted by molar-refractivity contribution is 0.0500. The Kier molecular flexibility index (Phi) is 6.35. The van der Waals surface area contributed by atoms with Crippen molar-refractivity contribution < 1.29 is 9.53 Å². The number of nitrogens with one attached hydrogen (secondary N) is 1. The average Bonchev–Trinajstić information content (AvgIpc) is 3.29. The minimum atomic E-state index is -0.301. The van der Waals surface area contributed by atoms with Crippen LogP contribution in [-0.2, 0) is 17.6 Å². The van der Waals surface area contributed by atoms with Crippen LogP contribution in [0.1, 0.15) is 54.1 Å². The first-order valence-electron chi connectivity index (χ1n) is 11.6. The third kappa shape index (κ3) is 4.62. The number of hydrogen-bond donors (Lipinski definition) is 1. The molecule has 2 aromatic carbocycles. The standard InChI is InChI=1S/C27H27N3O2S/c1-2-3-13-32-27(31)21-9-6-10-22(15-21)30-25-24-23(16-33-26(24)29-17-28-25)20-12-11-18-7-4-5-8-19(18)14-20/h6,9-12,14-17H,2-5,7-8,13H2,1H3,(H,28,29,30). The minimum Gasteiger partial charge on any atom is -0.462 e. The number of hydrogen-bond acceptors (Lipinski definition) is 6. The number of fused-ring (bicyclic) bond motifs is 2. The van der Waals surface area contributed by atoms with Crippen molar-refractivity contribution in [2.24, 2.45) is 0 Å². The summed E-state index contributed by atoms with van der Waals surface area (Å²) in [5.41, 5.74) is 6.60. The third-order valence-corrected chi connectivity index (χ3v) is 7.01. The van der Waals surface area contributed by atoms with E-state index in [1.165, 1.54) is 36.0 Å². The Labute approximate surface area is 197 Å². The molecule has 2 aromatic heterocycles. The predicted molar refractivity (Wildman–Crippen MR) is 134 cm³/mol. The number of benzene rings is 2. The summed E-state index contributed by atoms with van der Waals surface area (Å²) >= 11 is 1.62. The molecule has 0 saturated carbocycles. The second-order valence-corrected chi connectivity index (χ2v) is 9.30. The highest BCUT2D eigenvalue weighted by molar-refractivity contribution is 7.17. The van der Waals surface area contributed by atoms with E-state index in [2.05, 4.69) is 45.8 Å². The first kappa shape index (κ1) is 21.6. The number of ether oxygens (including phenoxy) is 1. The molecule has 1 aliphatic carbocycles. The van der Waals surface area contributed by atoms with Crippen molar-refractivity contribution in [2.75, 3.05) is 11.9 Å². The zero-order valence-corrected chi connectivity index (χ0v) is 19.6. The van der Waals surface area contributed by atoms with Gasteiger partial charge in [-0.3, -0.25) is 0 Å². The van der Waals surface area contributed by atoms with Gasteiger partial charge in [0.2, 0.25) is 0 Å². The molecule has 33 heavy (non-hydrogen) atoms. The molecule has 0 fully saturated rings. The van der Waals surface area contributed by atoms with Crippen LogP contribution in [0, 0.1) is 0 Å². The van der Waals surface area contributed by atoms with Crippen LogP contribution < -0.4 is 5.32 Å². The van der Waals surface area contributed by atoms with Crippen LogP contribution in [-0.4, -0.2) is 22.5 Å². The van der Waals surface area contributed by atoms with Crippen molar-refractivity contribution in [2.45, 2.75) is 45.4 Å². The maximum atomic E-state index is 12.4. The Morgan fingerprint density at radius 1 is 1.09 bits per heavy atom. The van der Waals surface area contributed by atoms with Gasteiger partial charge in [-0.05, 0) is 67.0 Å². The van der Waals surface area contributed by atoms with Crippen LogP contribution >= 0.6 is 11.3 Å². The summed E-state index contributed by atoms with van der Waals surface area (Å²) in [5.74, 6) is 0.440. The Balaban J connectivity index is 1.46. The van der Waals surface area contributed by atoms with Gasteiger partial charge in [0.25, 0.3) is 0 Å². The van der Waals surface area contributed by atoms with Crippen LogP contribution in [0.5, 0.6) is 0 Å². The minimum absolute atomic E-state index is 0.301. The van der Waals surface area contributed by atoms with Crippen molar-refractivity contribution >= 4 is 39.0 Å². The molecule has 1 aliphatic rings. The Hall–Kier alpha value is -3.25. The number of esters is 1. The van der Waals surface area contributed by atoms with Gasteiger partial charge in [0.05, 0.1) is 17.6 Å². The lowest BCUT2D eigenvalue weighted by atomic mass is 9.89. The fourth-order valence-corrected chi connectivity index (χ4v) is 5.25. The number of rotatable bonds is 7. The maximum Gasteiger partial charge on any atom is 0.338 e. The Morgan fingerprint density at radius 2 is 1.97 bits per heavy atom. The van der Waals surface area contributed by atoms with Gasteiger partial charge in [0, 0.05) is 16.6 Å². The molecule has 1 N–H and O–H groups in total. The molecule has 0 spiro atoms. The van der Waals surface area contributed by atoms with Crippen molar-refractivity contribution in [1.82, 2.24) is 9.97 Å². The molecule has 0 radical (unpaired) electrons. The van der Waals surface area contributed by atoms with Gasteiger partial charge >= 0.3 is 5.97 Å². The van der Waals surface area contributed by atoms with Gasteiger partial charge in [0.1, 0.15) is 17.0 Å². The van der Waals surface area contributed by atoms with Gasteiger partial charge in [-0.25, -0.2) is 14.8 Å². The number of aromatic nitrogens is 2. The summed E-state index contributed by atoms with van der Waals surface area (Å²) in [6.45, 7) is 2.52. The van der Waals surface area contributed by atoms with Gasteiger partial charge in [-0.1, -0.05) is 37.6 Å². The number of aryl methyl sites for hydroxylation is 2. The highest BCUT2D eigenvalue weighted by Crippen LogP contribution is 2.38. The lowest BCUT2D eigenvalue weighted by Crippen LogP contribution is -2.06. The summed E-state index contributed by atoms with van der Waals surface area (Å²) in [4.78, 5) is 22.4. The first-order chi connectivity index (χ1) is 16.2. The smallest absolute Gasteiger partial charge is 0.338 e. The molecular formula is C27H27N3O2S. The largest absolute Gasteiger partial charge is 0.462 e. The highest BCUT2D eigenvalue weighted by atomic mass is 32.1. The monoisotopic (exact) mass is 457 g/mol. The summed E-state index contributed by atoms with van der Waals surface area (Å²) in [5, 5.41) is 6.59.